The highest BCUT2D eigenvalue weighted by molar-refractivity contribution is 5.65. The number of nitrogens with zero attached hydrogens (tertiary/aromatic N) is 1. The maximum absolute atomic E-state index is 10.8. The maximum atomic E-state index is 10.8. The summed E-state index contributed by atoms with van der Waals surface area (Å²) in [5.74, 6) is 3.36. The van der Waals surface area contributed by atoms with Crippen molar-refractivity contribution in [3.63, 3.8) is 0 Å². The molecule has 0 fully saturated rings. The van der Waals surface area contributed by atoms with Crippen LogP contribution in [0.15, 0.2) is 24.3 Å². The Hall–Kier alpha value is -3.31. The van der Waals surface area contributed by atoms with Gasteiger partial charge in [-0.3, -0.25) is 0 Å². The molecule has 0 aliphatic rings. The van der Waals surface area contributed by atoms with Gasteiger partial charge in [-0.2, -0.15) is 5.26 Å². The molecule has 216 valence electrons. The number of nitrogens with two attached hydrogens (primary N) is 1. The van der Waals surface area contributed by atoms with Crippen LogP contribution in [0, 0.1) is 17.2 Å². The molecule has 2 N–H and O–H groups in total. The minimum absolute atomic E-state index is 0.0383. The van der Waals surface area contributed by atoms with E-state index in [0.717, 1.165) is 30.4 Å². The minimum Gasteiger partial charge on any atom is -0.493 e. The molecule has 3 atom stereocenters. The average molecular weight is 543 g/mol. The summed E-state index contributed by atoms with van der Waals surface area (Å²) in [7, 11) is 6.39. The lowest BCUT2D eigenvalue weighted by molar-refractivity contribution is 0.257. The molecule has 2 aromatic carbocycles. The second-order valence-corrected chi connectivity index (χ2v) is 9.62. The molecule has 0 saturated heterocycles. The van der Waals surface area contributed by atoms with Crippen LogP contribution in [0.1, 0.15) is 64.5 Å². The van der Waals surface area contributed by atoms with E-state index in [1.165, 1.54) is 0 Å². The zero-order valence-corrected chi connectivity index (χ0v) is 24.9. The predicted octanol–water partition coefficient (Wildman–Crippen LogP) is 6.07. The molecule has 2 aromatic rings. The number of ether oxygens (including phenoxy) is 6. The Morgan fingerprint density at radius 2 is 1.51 bits per heavy atom. The van der Waals surface area contributed by atoms with Crippen molar-refractivity contribution in [2.75, 3.05) is 41.7 Å². The lowest BCUT2D eigenvalue weighted by Gasteiger charge is -2.35. The third kappa shape index (κ3) is 7.21. The van der Waals surface area contributed by atoms with Crippen LogP contribution in [0.2, 0.25) is 0 Å². The summed E-state index contributed by atoms with van der Waals surface area (Å²) in [6.07, 6.45) is 3.63. The molecule has 0 amide bonds. The Balaban J connectivity index is 2.42. The standard InChI is InChI=1S/C31H46N2O6/c1-9-21(4)31(20-32,16-12-13-23(33)17-22-14-15-25(34-5)26(18-22)35-6)24-19-27(38-10-2)29(36-7)30(37-8)28(24)39-11-3/h14-15,18-19,21,23H,9-13,16-17,33H2,1-8H3. The summed E-state index contributed by atoms with van der Waals surface area (Å²) in [4.78, 5) is 0. The van der Waals surface area contributed by atoms with E-state index >= 15 is 0 Å². The highest BCUT2D eigenvalue weighted by Crippen LogP contribution is 2.53. The van der Waals surface area contributed by atoms with Gasteiger partial charge in [-0.25, -0.2) is 0 Å². The van der Waals surface area contributed by atoms with E-state index in [0.29, 0.717) is 60.6 Å². The maximum Gasteiger partial charge on any atom is 0.207 e. The Morgan fingerprint density at radius 3 is 2.05 bits per heavy atom. The zero-order valence-electron chi connectivity index (χ0n) is 24.9. The fourth-order valence-corrected chi connectivity index (χ4v) is 5.14. The van der Waals surface area contributed by atoms with E-state index in [2.05, 4.69) is 19.9 Å². The van der Waals surface area contributed by atoms with Crippen LogP contribution in [0.25, 0.3) is 0 Å². The van der Waals surface area contributed by atoms with Gasteiger partial charge in [0, 0.05) is 11.6 Å². The number of hydrogen-bond donors (Lipinski definition) is 1. The van der Waals surface area contributed by atoms with Gasteiger partial charge in [0.1, 0.15) is 0 Å². The van der Waals surface area contributed by atoms with Gasteiger partial charge in [0.2, 0.25) is 11.5 Å². The van der Waals surface area contributed by atoms with Crippen molar-refractivity contribution >= 4 is 0 Å². The van der Waals surface area contributed by atoms with Gasteiger partial charge < -0.3 is 34.2 Å². The van der Waals surface area contributed by atoms with Crippen LogP contribution in [-0.4, -0.2) is 47.7 Å². The molecule has 0 spiro atoms. The van der Waals surface area contributed by atoms with Gasteiger partial charge in [0.15, 0.2) is 23.0 Å². The molecular weight excluding hydrogens is 496 g/mol. The van der Waals surface area contributed by atoms with Crippen molar-refractivity contribution in [2.24, 2.45) is 11.7 Å². The van der Waals surface area contributed by atoms with E-state index in [1.807, 2.05) is 38.1 Å². The Kier molecular flexibility index (Phi) is 12.5. The van der Waals surface area contributed by atoms with Crippen molar-refractivity contribution in [1.29, 1.82) is 5.26 Å². The van der Waals surface area contributed by atoms with Crippen LogP contribution in [0.3, 0.4) is 0 Å². The lowest BCUT2D eigenvalue weighted by atomic mass is 9.67. The van der Waals surface area contributed by atoms with E-state index in [4.69, 9.17) is 34.2 Å². The van der Waals surface area contributed by atoms with Crippen molar-refractivity contribution in [1.82, 2.24) is 0 Å². The number of hydrogen-bond acceptors (Lipinski definition) is 8. The van der Waals surface area contributed by atoms with E-state index in [9.17, 15) is 5.26 Å². The van der Waals surface area contributed by atoms with Gasteiger partial charge >= 0.3 is 0 Å². The third-order valence-corrected chi connectivity index (χ3v) is 7.38. The first-order valence-electron chi connectivity index (χ1n) is 13.7. The third-order valence-electron chi connectivity index (χ3n) is 7.38. The minimum atomic E-state index is -0.840. The van der Waals surface area contributed by atoms with Crippen LogP contribution in [0.4, 0.5) is 0 Å². The molecule has 8 nitrogen and oxygen atoms in total. The van der Waals surface area contributed by atoms with E-state index in [-0.39, 0.29) is 12.0 Å². The van der Waals surface area contributed by atoms with Gasteiger partial charge in [0.25, 0.3) is 0 Å². The van der Waals surface area contributed by atoms with Gasteiger partial charge in [-0.15, -0.1) is 0 Å². The van der Waals surface area contributed by atoms with E-state index in [1.54, 1.807) is 28.4 Å². The first-order chi connectivity index (χ1) is 18.8. The molecule has 0 aliphatic carbocycles. The average Bonchev–Trinajstić information content (AvgIpc) is 2.95. The molecule has 0 aromatic heterocycles. The molecule has 39 heavy (non-hydrogen) atoms. The molecule has 0 heterocycles. The fraction of sp³-hybridized carbons (Fsp3) is 0.581. The van der Waals surface area contributed by atoms with Crippen molar-refractivity contribution < 1.29 is 28.4 Å². The summed E-state index contributed by atoms with van der Waals surface area (Å²) in [5.41, 5.74) is 7.57. The molecular formula is C31H46N2O6. The molecule has 0 bridgehead atoms. The van der Waals surface area contributed by atoms with Crippen molar-refractivity contribution in [3.8, 4) is 40.6 Å². The van der Waals surface area contributed by atoms with Crippen LogP contribution in [-0.2, 0) is 11.8 Å². The Labute approximate surface area is 234 Å². The van der Waals surface area contributed by atoms with Crippen LogP contribution in [0.5, 0.6) is 34.5 Å². The highest BCUT2D eigenvalue weighted by Gasteiger charge is 2.42. The highest BCUT2D eigenvalue weighted by atomic mass is 16.5. The molecule has 2 rings (SSSR count). The monoisotopic (exact) mass is 542 g/mol. The normalized spacial score (nSPS) is 13.9. The largest absolute Gasteiger partial charge is 0.493 e. The number of nitriles is 1. The van der Waals surface area contributed by atoms with Crippen molar-refractivity contribution in [2.45, 2.75) is 71.3 Å². The van der Waals surface area contributed by atoms with Crippen molar-refractivity contribution in [3.05, 3.63) is 35.4 Å². The van der Waals surface area contributed by atoms with Gasteiger partial charge in [-0.05, 0) is 69.2 Å². The quantitative estimate of drug-likeness (QED) is 0.257. The zero-order chi connectivity index (χ0) is 29.0. The second-order valence-electron chi connectivity index (χ2n) is 9.62. The molecule has 0 saturated carbocycles. The number of methoxy groups -OCH3 is 4. The summed E-state index contributed by atoms with van der Waals surface area (Å²) in [6, 6.07) is 10.4. The summed E-state index contributed by atoms with van der Waals surface area (Å²) in [5, 5.41) is 10.8. The molecule has 0 radical (unpaired) electrons. The summed E-state index contributed by atoms with van der Waals surface area (Å²) < 4.78 is 34.3. The first kappa shape index (κ1) is 31.9. The first-order valence-corrected chi connectivity index (χ1v) is 13.7. The summed E-state index contributed by atoms with van der Waals surface area (Å²) >= 11 is 0. The Morgan fingerprint density at radius 1 is 0.846 bits per heavy atom. The van der Waals surface area contributed by atoms with Crippen LogP contribution >= 0.6 is 0 Å². The number of rotatable bonds is 17. The Bertz CT molecular complexity index is 1100. The predicted molar refractivity (Wildman–Crippen MR) is 154 cm³/mol. The van der Waals surface area contributed by atoms with Gasteiger partial charge in [0.05, 0.1) is 53.1 Å². The van der Waals surface area contributed by atoms with E-state index < -0.39 is 5.41 Å². The number of benzene rings is 2. The summed E-state index contributed by atoms with van der Waals surface area (Å²) in [6.45, 7) is 8.90. The van der Waals surface area contributed by atoms with Gasteiger partial charge in [-0.1, -0.05) is 26.3 Å². The SMILES string of the molecule is CCOc1cc(C(C#N)(CCCC(N)Cc2ccc(OC)c(OC)c2)C(C)CC)c(OCC)c(OC)c1OC. The molecule has 0 aliphatic heterocycles. The molecule has 8 heteroatoms. The smallest absolute Gasteiger partial charge is 0.207 e. The topological polar surface area (TPSA) is 105 Å². The molecule has 3 unspecified atom stereocenters. The fourth-order valence-electron chi connectivity index (χ4n) is 5.14. The van der Waals surface area contributed by atoms with Crippen LogP contribution < -0.4 is 34.2 Å². The lowest BCUT2D eigenvalue weighted by Crippen LogP contribution is -2.34. The second kappa shape index (κ2) is 15.3.